The molecule has 2 heterocycles. The molecule has 2 fully saturated rings. The lowest BCUT2D eigenvalue weighted by molar-refractivity contribution is -0.121. The van der Waals surface area contributed by atoms with Crippen LogP contribution in [-0.2, 0) is 14.6 Å². The van der Waals surface area contributed by atoms with Crippen molar-refractivity contribution in [1.29, 1.82) is 0 Å². The lowest BCUT2D eigenvalue weighted by Crippen LogP contribution is -2.37. The van der Waals surface area contributed by atoms with Crippen molar-refractivity contribution in [3.63, 3.8) is 0 Å². The number of halogens is 1. The maximum atomic E-state index is 13.3. The number of fused-ring (bicyclic) bond motifs is 1. The summed E-state index contributed by atoms with van der Waals surface area (Å²) in [5, 5.41) is 0.372. The highest BCUT2D eigenvalue weighted by molar-refractivity contribution is 8.16. The highest BCUT2D eigenvalue weighted by atomic mass is 32.2. The number of aliphatic imine (C=N–C) groups is 1. The Kier molecular flexibility index (Phi) is 5.20. The van der Waals surface area contributed by atoms with Gasteiger partial charge in [-0.25, -0.2) is 12.8 Å². The van der Waals surface area contributed by atoms with Crippen LogP contribution in [0.15, 0.2) is 29.3 Å². The van der Waals surface area contributed by atoms with Gasteiger partial charge in [-0.3, -0.25) is 4.79 Å². The summed E-state index contributed by atoms with van der Waals surface area (Å²) >= 11 is 1.34. The molecule has 8 heteroatoms. The van der Waals surface area contributed by atoms with E-state index in [0.29, 0.717) is 23.7 Å². The first-order valence-electron chi connectivity index (χ1n) is 8.39. The highest BCUT2D eigenvalue weighted by Crippen LogP contribution is 2.41. The first kappa shape index (κ1) is 18.4. The molecule has 0 N–H and O–H groups in total. The van der Waals surface area contributed by atoms with Gasteiger partial charge in [0.05, 0.1) is 17.5 Å². The number of amides is 1. The Morgan fingerprint density at radius 1 is 1.28 bits per heavy atom. The van der Waals surface area contributed by atoms with Gasteiger partial charge in [0, 0.05) is 16.9 Å². The van der Waals surface area contributed by atoms with Crippen molar-refractivity contribution in [2.75, 3.05) is 16.4 Å². The van der Waals surface area contributed by atoms with Crippen molar-refractivity contribution in [3.8, 4) is 0 Å². The second-order valence-electron chi connectivity index (χ2n) is 6.39. The normalized spacial score (nSPS) is 26.4. The Balaban J connectivity index is 1.97. The molecule has 2 aliphatic heterocycles. The summed E-state index contributed by atoms with van der Waals surface area (Å²) < 4.78 is 37.3. The van der Waals surface area contributed by atoms with E-state index in [4.69, 9.17) is 0 Å². The molecule has 0 aromatic heterocycles. The lowest BCUT2D eigenvalue weighted by atomic mass is 10.0. The number of hydrogen-bond donors (Lipinski definition) is 0. The van der Waals surface area contributed by atoms with Crippen molar-refractivity contribution < 1.29 is 17.6 Å². The van der Waals surface area contributed by atoms with E-state index in [1.54, 1.807) is 17.0 Å². The number of rotatable bonds is 4. The molecule has 0 radical (unpaired) electrons. The van der Waals surface area contributed by atoms with Crippen LogP contribution in [0.2, 0.25) is 0 Å². The molecule has 1 aromatic carbocycles. The molecular weight excluding hydrogens is 363 g/mol. The molecule has 2 atom stereocenters. The second kappa shape index (κ2) is 7.07. The van der Waals surface area contributed by atoms with E-state index < -0.39 is 9.84 Å². The van der Waals surface area contributed by atoms with Gasteiger partial charge < -0.3 is 4.90 Å². The fourth-order valence-electron chi connectivity index (χ4n) is 3.29. The van der Waals surface area contributed by atoms with Crippen LogP contribution in [0.5, 0.6) is 0 Å². The zero-order chi connectivity index (χ0) is 18.2. The molecule has 3 rings (SSSR count). The first-order chi connectivity index (χ1) is 11.8. The van der Waals surface area contributed by atoms with Gasteiger partial charge in [0.1, 0.15) is 5.82 Å². The Morgan fingerprint density at radius 3 is 2.52 bits per heavy atom. The van der Waals surface area contributed by atoms with Crippen molar-refractivity contribution in [2.24, 2.45) is 10.9 Å². The summed E-state index contributed by atoms with van der Waals surface area (Å²) in [6.45, 7) is 3.90. The van der Waals surface area contributed by atoms with Gasteiger partial charge >= 0.3 is 0 Å². The van der Waals surface area contributed by atoms with E-state index in [9.17, 15) is 17.6 Å². The van der Waals surface area contributed by atoms with E-state index in [1.807, 2.05) is 13.8 Å². The quantitative estimate of drug-likeness (QED) is 0.799. The van der Waals surface area contributed by atoms with Crippen LogP contribution in [0.4, 0.5) is 10.1 Å². The molecule has 0 bridgehead atoms. The number of thioether (sulfide) groups is 1. The van der Waals surface area contributed by atoms with Gasteiger partial charge in [-0.1, -0.05) is 25.6 Å². The van der Waals surface area contributed by atoms with Crippen LogP contribution in [0.3, 0.4) is 0 Å². The van der Waals surface area contributed by atoms with Crippen molar-refractivity contribution in [2.45, 2.75) is 38.0 Å². The molecule has 25 heavy (non-hydrogen) atoms. The maximum absolute atomic E-state index is 13.3. The predicted octanol–water partition coefficient (Wildman–Crippen LogP) is 2.86. The summed E-state index contributed by atoms with van der Waals surface area (Å²) in [4.78, 5) is 18.5. The van der Waals surface area contributed by atoms with E-state index in [0.717, 1.165) is 0 Å². The third kappa shape index (κ3) is 3.74. The number of amidine groups is 1. The number of sulfone groups is 1. The molecule has 0 saturated carbocycles. The predicted molar refractivity (Wildman–Crippen MR) is 99.2 cm³/mol. The van der Waals surface area contributed by atoms with Gasteiger partial charge in [-0.05, 0) is 37.1 Å². The van der Waals surface area contributed by atoms with E-state index >= 15 is 0 Å². The highest BCUT2D eigenvalue weighted by Gasteiger charge is 2.49. The molecule has 5 nitrogen and oxygen atoms in total. The third-order valence-electron chi connectivity index (χ3n) is 4.71. The zero-order valence-corrected chi connectivity index (χ0v) is 15.8. The SMILES string of the molecule is CCC(CC)C(=O)N=C1S[C@@H]2CS(=O)(=O)C[C@@H]2N1c1ccc(F)cc1. The van der Waals surface area contributed by atoms with Crippen LogP contribution in [0.25, 0.3) is 0 Å². The number of carbonyl (C=O) groups excluding carboxylic acids is 1. The summed E-state index contributed by atoms with van der Waals surface area (Å²) in [7, 11) is -3.11. The van der Waals surface area contributed by atoms with Crippen LogP contribution < -0.4 is 4.90 Å². The van der Waals surface area contributed by atoms with E-state index in [1.165, 1.54) is 23.9 Å². The average molecular weight is 384 g/mol. The Labute approximate surface area is 151 Å². The molecule has 2 saturated heterocycles. The van der Waals surface area contributed by atoms with Crippen molar-refractivity contribution in [3.05, 3.63) is 30.1 Å². The van der Waals surface area contributed by atoms with Crippen LogP contribution in [-0.4, -0.2) is 42.3 Å². The zero-order valence-electron chi connectivity index (χ0n) is 14.2. The lowest BCUT2D eigenvalue weighted by Gasteiger charge is -2.24. The van der Waals surface area contributed by atoms with E-state index in [2.05, 4.69) is 4.99 Å². The van der Waals surface area contributed by atoms with Gasteiger partial charge in [-0.2, -0.15) is 4.99 Å². The maximum Gasteiger partial charge on any atom is 0.251 e. The standard InChI is InChI=1S/C17H21FN2O3S2/c1-3-11(4-2)16(21)19-17-20(13-7-5-12(18)6-8-13)14-9-25(22,23)10-15(14)24-17/h5-8,11,14-15H,3-4,9-10H2,1-2H3/t14-,15+/m0/s1. The molecule has 0 unspecified atom stereocenters. The number of carbonyl (C=O) groups is 1. The molecular formula is C17H21FN2O3S2. The topological polar surface area (TPSA) is 66.8 Å². The number of benzene rings is 1. The smallest absolute Gasteiger partial charge is 0.251 e. The first-order valence-corrected chi connectivity index (χ1v) is 11.1. The largest absolute Gasteiger partial charge is 0.316 e. The number of hydrogen-bond acceptors (Lipinski definition) is 4. The van der Waals surface area contributed by atoms with Crippen molar-refractivity contribution >= 4 is 38.4 Å². The average Bonchev–Trinajstić information content (AvgIpc) is 3.00. The fourth-order valence-corrected chi connectivity index (χ4v) is 7.21. The molecule has 1 aromatic rings. The van der Waals surface area contributed by atoms with Gasteiger partial charge in [-0.15, -0.1) is 0 Å². The minimum atomic E-state index is -3.11. The van der Waals surface area contributed by atoms with Gasteiger partial charge in [0.2, 0.25) is 0 Å². The summed E-state index contributed by atoms with van der Waals surface area (Å²) in [5.41, 5.74) is 0.662. The van der Waals surface area contributed by atoms with Crippen molar-refractivity contribution in [1.82, 2.24) is 0 Å². The summed E-state index contributed by atoms with van der Waals surface area (Å²) in [5.74, 6) is -0.564. The fraction of sp³-hybridized carbons (Fsp3) is 0.529. The Hall–Kier alpha value is -1.41. The summed E-state index contributed by atoms with van der Waals surface area (Å²) in [6.07, 6.45) is 1.43. The number of nitrogens with zero attached hydrogens (tertiary/aromatic N) is 2. The Morgan fingerprint density at radius 2 is 1.92 bits per heavy atom. The van der Waals surface area contributed by atoms with Gasteiger partial charge in [0.15, 0.2) is 15.0 Å². The monoisotopic (exact) mass is 384 g/mol. The minimum Gasteiger partial charge on any atom is -0.316 e. The molecule has 136 valence electrons. The van der Waals surface area contributed by atoms with Gasteiger partial charge in [0.25, 0.3) is 5.91 Å². The number of anilines is 1. The summed E-state index contributed by atoms with van der Waals surface area (Å²) in [6, 6.07) is 5.59. The molecule has 2 aliphatic rings. The van der Waals surface area contributed by atoms with Crippen LogP contribution >= 0.6 is 11.8 Å². The molecule has 0 spiro atoms. The Bertz CT molecular complexity index is 789. The second-order valence-corrected chi connectivity index (χ2v) is 9.75. The van der Waals surface area contributed by atoms with E-state index in [-0.39, 0.29) is 40.4 Å². The van der Waals surface area contributed by atoms with Crippen LogP contribution in [0, 0.1) is 11.7 Å². The van der Waals surface area contributed by atoms with Crippen LogP contribution in [0.1, 0.15) is 26.7 Å². The molecule has 0 aliphatic carbocycles. The molecule has 1 amide bonds. The third-order valence-corrected chi connectivity index (χ3v) is 7.92. The minimum absolute atomic E-state index is 0.0280.